The molecule has 1 nitrogen and oxygen atoms in total. The molecule has 0 saturated heterocycles. The van der Waals surface area contributed by atoms with Crippen LogP contribution in [0.3, 0.4) is 0 Å². The predicted molar refractivity (Wildman–Crippen MR) is 56.2 cm³/mol. The molecule has 0 atom stereocenters. The molecule has 1 N–H and O–H groups in total. The lowest BCUT2D eigenvalue weighted by Crippen LogP contribution is -2.00. The van der Waals surface area contributed by atoms with E-state index in [-0.39, 0.29) is 5.82 Å². The summed E-state index contributed by atoms with van der Waals surface area (Å²) < 4.78 is 13.4. The summed E-state index contributed by atoms with van der Waals surface area (Å²) in [7, 11) is 0. The molecule has 0 unspecified atom stereocenters. The Bertz CT molecular complexity index is 355. The fraction of sp³-hybridized carbons (Fsp3) is 0.200. The van der Waals surface area contributed by atoms with Crippen LogP contribution in [-0.2, 0) is 0 Å². The van der Waals surface area contributed by atoms with Crippen LogP contribution in [0.4, 0.5) is 10.1 Å². The monoisotopic (exact) mass is 241 g/mol. The average molecular weight is 242 g/mol. The fourth-order valence-corrected chi connectivity index (χ4v) is 1.33. The summed E-state index contributed by atoms with van der Waals surface area (Å²) in [6, 6.07) is 3.14. The third-order valence-corrected chi connectivity index (χ3v) is 2.26. The number of halogens is 2. The Kier molecular flexibility index (Phi) is 3.32. The number of terminal acetylenes is 1. The molecule has 0 saturated carbocycles. The van der Waals surface area contributed by atoms with Crippen LogP contribution in [0.1, 0.15) is 5.56 Å². The van der Waals surface area contributed by atoms with Gasteiger partial charge in [-0.25, -0.2) is 4.39 Å². The molecule has 0 aliphatic carbocycles. The second-order valence-electron chi connectivity index (χ2n) is 2.64. The zero-order chi connectivity index (χ0) is 9.84. The van der Waals surface area contributed by atoms with Gasteiger partial charge in [0.25, 0.3) is 0 Å². The number of aryl methyl sites for hydroxylation is 1. The normalized spacial score (nSPS) is 9.38. The highest BCUT2D eigenvalue weighted by Gasteiger charge is 2.03. The number of rotatable bonds is 2. The smallest absolute Gasteiger partial charge is 0.137 e. The first-order chi connectivity index (χ1) is 6.15. The largest absolute Gasteiger partial charge is 0.374 e. The van der Waals surface area contributed by atoms with Gasteiger partial charge >= 0.3 is 0 Å². The highest BCUT2D eigenvalue weighted by Crippen LogP contribution is 2.23. The summed E-state index contributed by atoms with van der Waals surface area (Å²) in [6.45, 7) is 2.27. The summed E-state index contributed by atoms with van der Waals surface area (Å²) in [4.78, 5) is 0. The molecular formula is C10H9BrFN. The highest BCUT2D eigenvalue weighted by molar-refractivity contribution is 9.10. The van der Waals surface area contributed by atoms with Crippen molar-refractivity contribution in [2.45, 2.75) is 6.92 Å². The van der Waals surface area contributed by atoms with Gasteiger partial charge in [0.15, 0.2) is 0 Å². The van der Waals surface area contributed by atoms with Crippen LogP contribution in [0.5, 0.6) is 0 Å². The third kappa shape index (κ3) is 2.46. The topological polar surface area (TPSA) is 12.0 Å². The Balaban J connectivity index is 2.96. The van der Waals surface area contributed by atoms with Crippen molar-refractivity contribution in [2.24, 2.45) is 0 Å². The lowest BCUT2D eigenvalue weighted by molar-refractivity contribution is 0.620. The summed E-state index contributed by atoms with van der Waals surface area (Å²) in [5.41, 5.74) is 1.70. The van der Waals surface area contributed by atoms with Crippen LogP contribution < -0.4 is 5.32 Å². The Morgan fingerprint density at radius 2 is 2.31 bits per heavy atom. The van der Waals surface area contributed by atoms with E-state index in [4.69, 9.17) is 6.42 Å². The second kappa shape index (κ2) is 4.29. The first-order valence-corrected chi connectivity index (χ1v) is 4.57. The van der Waals surface area contributed by atoms with E-state index in [0.717, 1.165) is 11.3 Å². The van der Waals surface area contributed by atoms with Crippen molar-refractivity contribution < 1.29 is 4.39 Å². The van der Waals surface area contributed by atoms with Crippen molar-refractivity contribution in [2.75, 3.05) is 11.9 Å². The zero-order valence-corrected chi connectivity index (χ0v) is 8.78. The van der Waals surface area contributed by atoms with Crippen molar-refractivity contribution in [1.29, 1.82) is 0 Å². The SMILES string of the molecule is C#CCNc1cc(Br)c(F)cc1C. The van der Waals surface area contributed by atoms with Gasteiger partial charge in [0.2, 0.25) is 0 Å². The minimum Gasteiger partial charge on any atom is -0.374 e. The average Bonchev–Trinajstić information content (AvgIpc) is 2.09. The first-order valence-electron chi connectivity index (χ1n) is 3.78. The van der Waals surface area contributed by atoms with Crippen LogP contribution >= 0.6 is 15.9 Å². The maximum Gasteiger partial charge on any atom is 0.137 e. The lowest BCUT2D eigenvalue weighted by atomic mass is 10.2. The maximum absolute atomic E-state index is 13.0. The van der Waals surface area contributed by atoms with E-state index in [9.17, 15) is 4.39 Å². The Morgan fingerprint density at radius 1 is 1.62 bits per heavy atom. The molecule has 68 valence electrons. The number of anilines is 1. The molecule has 0 aliphatic heterocycles. The zero-order valence-electron chi connectivity index (χ0n) is 7.20. The quantitative estimate of drug-likeness (QED) is 0.786. The minimum atomic E-state index is -0.260. The van der Waals surface area contributed by atoms with Crippen molar-refractivity contribution >= 4 is 21.6 Å². The minimum absolute atomic E-state index is 0.260. The van der Waals surface area contributed by atoms with E-state index in [0.29, 0.717) is 11.0 Å². The highest BCUT2D eigenvalue weighted by atomic mass is 79.9. The molecule has 3 heteroatoms. The van der Waals surface area contributed by atoms with E-state index in [1.54, 1.807) is 6.07 Å². The van der Waals surface area contributed by atoms with Crippen molar-refractivity contribution in [3.8, 4) is 12.3 Å². The van der Waals surface area contributed by atoms with Crippen LogP contribution in [-0.4, -0.2) is 6.54 Å². The molecule has 1 aromatic rings. The molecule has 0 aromatic heterocycles. The summed E-state index contributed by atoms with van der Waals surface area (Å²) in [5.74, 6) is 2.20. The van der Waals surface area contributed by atoms with E-state index in [1.165, 1.54) is 6.07 Å². The van der Waals surface area contributed by atoms with Crippen LogP contribution in [0.25, 0.3) is 0 Å². The molecule has 0 aliphatic rings. The summed E-state index contributed by atoms with van der Waals surface area (Å²) in [6.07, 6.45) is 5.10. The standard InChI is InChI=1S/C10H9BrFN/c1-3-4-13-10-6-8(11)9(12)5-7(10)2/h1,5-6,13H,4H2,2H3. The van der Waals surface area contributed by atoms with Gasteiger partial charge in [0, 0.05) is 5.69 Å². The van der Waals surface area contributed by atoms with Gasteiger partial charge < -0.3 is 5.32 Å². The van der Waals surface area contributed by atoms with Gasteiger partial charge in [0.05, 0.1) is 11.0 Å². The van der Waals surface area contributed by atoms with Gasteiger partial charge in [0.1, 0.15) is 5.82 Å². The molecule has 0 radical (unpaired) electrons. The predicted octanol–water partition coefficient (Wildman–Crippen LogP) is 2.94. The van der Waals surface area contributed by atoms with Gasteiger partial charge in [-0.15, -0.1) is 6.42 Å². The maximum atomic E-state index is 13.0. The first kappa shape index (κ1) is 10.1. The van der Waals surface area contributed by atoms with Crippen LogP contribution in [0, 0.1) is 25.1 Å². The van der Waals surface area contributed by atoms with E-state index < -0.39 is 0 Å². The number of hydrogen-bond acceptors (Lipinski definition) is 1. The summed E-state index contributed by atoms with van der Waals surface area (Å²) in [5, 5.41) is 3.00. The van der Waals surface area contributed by atoms with Crippen LogP contribution in [0.15, 0.2) is 16.6 Å². The molecule has 0 bridgehead atoms. The van der Waals surface area contributed by atoms with Crippen molar-refractivity contribution in [3.05, 3.63) is 28.0 Å². The molecule has 0 heterocycles. The van der Waals surface area contributed by atoms with Gasteiger partial charge in [-0.2, -0.15) is 0 Å². The second-order valence-corrected chi connectivity index (χ2v) is 3.49. The van der Waals surface area contributed by atoms with Crippen molar-refractivity contribution in [1.82, 2.24) is 0 Å². The Labute approximate surface area is 85.5 Å². The van der Waals surface area contributed by atoms with E-state index in [2.05, 4.69) is 27.2 Å². The van der Waals surface area contributed by atoms with Gasteiger partial charge in [-0.05, 0) is 40.5 Å². The fourth-order valence-electron chi connectivity index (χ4n) is 0.983. The van der Waals surface area contributed by atoms with E-state index >= 15 is 0 Å². The molecule has 1 rings (SSSR count). The summed E-state index contributed by atoms with van der Waals surface area (Å²) >= 11 is 3.11. The molecule has 13 heavy (non-hydrogen) atoms. The molecule has 1 aromatic carbocycles. The lowest BCUT2D eigenvalue weighted by Gasteiger charge is -2.07. The molecule has 0 spiro atoms. The van der Waals surface area contributed by atoms with Gasteiger partial charge in [-0.1, -0.05) is 5.92 Å². The van der Waals surface area contributed by atoms with Gasteiger partial charge in [-0.3, -0.25) is 0 Å². The van der Waals surface area contributed by atoms with E-state index in [1.807, 2.05) is 6.92 Å². The molecule has 0 amide bonds. The van der Waals surface area contributed by atoms with Crippen LogP contribution in [0.2, 0.25) is 0 Å². The Hall–Kier alpha value is -1.01. The Morgan fingerprint density at radius 3 is 2.92 bits per heavy atom. The van der Waals surface area contributed by atoms with Crippen molar-refractivity contribution in [3.63, 3.8) is 0 Å². The number of hydrogen-bond donors (Lipinski definition) is 1. The number of benzene rings is 1. The molecule has 0 fully saturated rings. The number of nitrogens with one attached hydrogen (secondary N) is 1. The molecular weight excluding hydrogens is 233 g/mol. The third-order valence-electron chi connectivity index (χ3n) is 1.65.